The van der Waals surface area contributed by atoms with Crippen LogP contribution in [0.25, 0.3) is 0 Å². The van der Waals surface area contributed by atoms with Gasteiger partial charge in [0.05, 0.1) is 6.61 Å². The second-order valence-corrected chi connectivity index (χ2v) is 4.08. The monoisotopic (exact) mass is 147 g/mol. The van der Waals surface area contributed by atoms with Crippen LogP contribution < -0.4 is 0 Å². The van der Waals surface area contributed by atoms with Crippen LogP contribution in [0.1, 0.15) is 12.8 Å². The lowest BCUT2D eigenvalue weighted by molar-refractivity contribution is 0.174. The molecule has 0 aromatic rings. The highest BCUT2D eigenvalue weighted by atomic mass is 32.2. The Hall–Kier alpha value is 0.270. The van der Waals surface area contributed by atoms with Crippen LogP contribution in [0.4, 0.5) is 0 Å². The quantitative estimate of drug-likeness (QED) is 0.527. The first-order chi connectivity index (χ1) is 4.33. The summed E-state index contributed by atoms with van der Waals surface area (Å²) < 4.78 is 10.7. The van der Waals surface area contributed by atoms with Crippen molar-refractivity contribution in [1.82, 2.24) is 0 Å². The van der Waals surface area contributed by atoms with E-state index in [0.29, 0.717) is 5.92 Å². The van der Waals surface area contributed by atoms with E-state index in [1.165, 1.54) is 0 Å². The predicted molar refractivity (Wildman–Crippen MR) is 36.2 cm³/mol. The van der Waals surface area contributed by atoms with E-state index in [9.17, 15) is 9.66 Å². The highest BCUT2D eigenvalue weighted by molar-refractivity contribution is 7.91. The van der Waals surface area contributed by atoms with Gasteiger partial charge in [-0.1, -0.05) is 11.2 Å². The van der Waals surface area contributed by atoms with Gasteiger partial charge in [0.2, 0.25) is 0 Å². The normalized spacial score (nSPS) is 35.3. The van der Waals surface area contributed by atoms with E-state index in [0.717, 1.165) is 24.3 Å². The maximum Gasteiger partial charge on any atom is 0.108 e. The Morgan fingerprint density at radius 3 is 2.89 bits per heavy atom. The van der Waals surface area contributed by atoms with E-state index in [1.54, 1.807) is 0 Å². The molecule has 1 rings (SSSR count). The van der Waals surface area contributed by atoms with E-state index in [2.05, 4.69) is 0 Å². The van der Waals surface area contributed by atoms with Crippen molar-refractivity contribution in [2.24, 2.45) is 5.92 Å². The molecule has 0 aromatic heterocycles. The molecule has 0 saturated carbocycles. The Kier molecular flexibility index (Phi) is 2.82. The molecule has 3 heteroatoms. The van der Waals surface area contributed by atoms with Gasteiger partial charge in [0.25, 0.3) is 0 Å². The molecular formula is C6H11O2S. The Labute approximate surface area is 58.4 Å². The zero-order valence-corrected chi connectivity index (χ0v) is 6.15. The van der Waals surface area contributed by atoms with Gasteiger partial charge in [-0.2, -0.15) is 0 Å². The average molecular weight is 147 g/mol. The fourth-order valence-corrected chi connectivity index (χ4v) is 2.74. The SMILES string of the molecule is [O]CCC1CC[S+]([O-])C1. The molecule has 0 spiro atoms. The van der Waals surface area contributed by atoms with Gasteiger partial charge in [-0.05, 0) is 12.8 Å². The molecule has 53 valence electrons. The summed E-state index contributed by atoms with van der Waals surface area (Å²) in [5.41, 5.74) is 0. The van der Waals surface area contributed by atoms with Crippen LogP contribution in [0.15, 0.2) is 0 Å². The third-order valence-electron chi connectivity index (χ3n) is 1.70. The van der Waals surface area contributed by atoms with E-state index < -0.39 is 11.2 Å². The van der Waals surface area contributed by atoms with Crippen molar-refractivity contribution < 1.29 is 9.66 Å². The molecule has 1 fully saturated rings. The summed E-state index contributed by atoms with van der Waals surface area (Å²) in [6.07, 6.45) is 1.74. The second kappa shape index (κ2) is 3.44. The third-order valence-corrected chi connectivity index (χ3v) is 3.24. The zero-order chi connectivity index (χ0) is 6.69. The Bertz CT molecular complexity index is 85.1. The highest BCUT2D eigenvalue weighted by Gasteiger charge is 2.25. The predicted octanol–water partition coefficient (Wildman–Crippen LogP) is 0.576. The van der Waals surface area contributed by atoms with Gasteiger partial charge in [-0.15, -0.1) is 0 Å². The summed E-state index contributed by atoms with van der Waals surface area (Å²) in [4.78, 5) is 0. The first-order valence-electron chi connectivity index (χ1n) is 3.26. The second-order valence-electron chi connectivity index (χ2n) is 2.46. The van der Waals surface area contributed by atoms with Crippen LogP contribution in [-0.4, -0.2) is 22.7 Å². The minimum atomic E-state index is -0.593. The molecule has 0 aliphatic carbocycles. The van der Waals surface area contributed by atoms with Crippen LogP contribution in [0.2, 0.25) is 0 Å². The smallest absolute Gasteiger partial charge is 0.108 e. The Morgan fingerprint density at radius 1 is 1.67 bits per heavy atom. The maximum atomic E-state index is 10.7. The van der Waals surface area contributed by atoms with Crippen molar-refractivity contribution >= 4 is 11.2 Å². The summed E-state index contributed by atoms with van der Waals surface area (Å²) in [7, 11) is 0. The van der Waals surface area contributed by atoms with Crippen molar-refractivity contribution in [3.63, 3.8) is 0 Å². The van der Waals surface area contributed by atoms with Gasteiger partial charge >= 0.3 is 0 Å². The van der Waals surface area contributed by atoms with E-state index in [1.807, 2.05) is 0 Å². The van der Waals surface area contributed by atoms with Gasteiger partial charge in [0.15, 0.2) is 0 Å². The molecule has 1 saturated heterocycles. The van der Waals surface area contributed by atoms with Gasteiger partial charge in [-0.25, -0.2) is 5.11 Å². The van der Waals surface area contributed by atoms with E-state index in [-0.39, 0.29) is 6.61 Å². The molecule has 1 radical (unpaired) electrons. The molecule has 0 N–H and O–H groups in total. The summed E-state index contributed by atoms with van der Waals surface area (Å²) in [5.74, 6) is 2.08. The Morgan fingerprint density at radius 2 is 2.44 bits per heavy atom. The lowest BCUT2D eigenvalue weighted by Crippen LogP contribution is -2.05. The fourth-order valence-electron chi connectivity index (χ4n) is 1.12. The molecule has 0 bridgehead atoms. The van der Waals surface area contributed by atoms with Crippen molar-refractivity contribution in [3.8, 4) is 0 Å². The molecule has 2 nitrogen and oxygen atoms in total. The summed E-state index contributed by atoms with van der Waals surface area (Å²) >= 11 is -0.593. The van der Waals surface area contributed by atoms with E-state index in [4.69, 9.17) is 0 Å². The Balaban J connectivity index is 2.14. The lowest BCUT2D eigenvalue weighted by atomic mass is 10.1. The minimum absolute atomic E-state index is 0.00185. The van der Waals surface area contributed by atoms with Crippen molar-refractivity contribution in [2.75, 3.05) is 18.1 Å². The van der Waals surface area contributed by atoms with Gasteiger partial charge in [-0.3, -0.25) is 0 Å². The highest BCUT2D eigenvalue weighted by Crippen LogP contribution is 2.20. The largest absolute Gasteiger partial charge is 0.616 e. The van der Waals surface area contributed by atoms with Crippen molar-refractivity contribution in [1.29, 1.82) is 0 Å². The third kappa shape index (κ3) is 2.16. The summed E-state index contributed by atoms with van der Waals surface area (Å²) in [6.45, 7) is 0.00185. The maximum absolute atomic E-state index is 10.7. The first-order valence-corrected chi connectivity index (χ1v) is 4.75. The minimum Gasteiger partial charge on any atom is -0.616 e. The lowest BCUT2D eigenvalue weighted by Gasteiger charge is -2.02. The van der Waals surface area contributed by atoms with Crippen LogP contribution in [0.3, 0.4) is 0 Å². The van der Waals surface area contributed by atoms with Crippen LogP contribution in [-0.2, 0) is 16.3 Å². The molecule has 9 heavy (non-hydrogen) atoms. The molecule has 1 heterocycles. The molecule has 0 aromatic carbocycles. The fraction of sp³-hybridized carbons (Fsp3) is 1.00. The van der Waals surface area contributed by atoms with Gasteiger partial charge in [0, 0.05) is 5.92 Å². The molecular weight excluding hydrogens is 136 g/mol. The first kappa shape index (κ1) is 7.38. The molecule has 1 aliphatic rings. The van der Waals surface area contributed by atoms with Crippen molar-refractivity contribution in [3.05, 3.63) is 0 Å². The van der Waals surface area contributed by atoms with Gasteiger partial charge in [0.1, 0.15) is 11.5 Å². The van der Waals surface area contributed by atoms with E-state index >= 15 is 0 Å². The molecule has 2 unspecified atom stereocenters. The molecule has 1 aliphatic heterocycles. The number of rotatable bonds is 2. The standard InChI is InChI=1S/C6H11O2S/c7-3-1-6-2-4-9(8)5-6/h6H,1-5H2. The van der Waals surface area contributed by atoms with Crippen molar-refractivity contribution in [2.45, 2.75) is 12.8 Å². The van der Waals surface area contributed by atoms with Crippen LogP contribution in [0.5, 0.6) is 0 Å². The van der Waals surface area contributed by atoms with Crippen LogP contribution in [0, 0.1) is 5.92 Å². The zero-order valence-electron chi connectivity index (χ0n) is 5.34. The summed E-state index contributed by atoms with van der Waals surface area (Å²) in [5, 5.41) is 10.1. The van der Waals surface area contributed by atoms with Crippen LogP contribution >= 0.6 is 0 Å². The topological polar surface area (TPSA) is 43.0 Å². The average Bonchev–Trinajstić information content (AvgIpc) is 2.17. The van der Waals surface area contributed by atoms with Gasteiger partial charge < -0.3 is 4.55 Å². The number of hydrogen-bond donors (Lipinski definition) is 0. The number of hydrogen-bond acceptors (Lipinski definition) is 1. The molecule has 0 amide bonds. The molecule has 2 atom stereocenters. The summed E-state index contributed by atoms with van der Waals surface area (Å²) in [6, 6.07) is 0.